The molecule has 1 saturated carbocycles. The number of allylic oxidation sites excluding steroid dienone is 1. The van der Waals surface area contributed by atoms with Gasteiger partial charge in [-0.1, -0.05) is 55.7 Å². The molecule has 1 aliphatic carbocycles. The summed E-state index contributed by atoms with van der Waals surface area (Å²) in [5.74, 6) is 0.812. The van der Waals surface area contributed by atoms with E-state index in [9.17, 15) is 0 Å². The molecule has 17 heavy (non-hydrogen) atoms. The van der Waals surface area contributed by atoms with Crippen LogP contribution in [0.5, 0.6) is 0 Å². The Kier molecular flexibility index (Phi) is 4.81. The van der Waals surface area contributed by atoms with Gasteiger partial charge in [0.2, 0.25) is 0 Å². The Labute approximate surface area is 105 Å². The highest BCUT2D eigenvalue weighted by Gasteiger charge is 2.09. The van der Waals surface area contributed by atoms with Gasteiger partial charge >= 0.3 is 0 Å². The second kappa shape index (κ2) is 6.61. The van der Waals surface area contributed by atoms with Crippen LogP contribution in [0, 0.1) is 5.92 Å². The van der Waals surface area contributed by atoms with Gasteiger partial charge in [0.25, 0.3) is 0 Å². The lowest BCUT2D eigenvalue weighted by Gasteiger charge is -2.17. The topological polar surface area (TPSA) is 26.0 Å². The van der Waals surface area contributed by atoms with Crippen molar-refractivity contribution >= 4 is 6.08 Å². The minimum absolute atomic E-state index is 0.733. The summed E-state index contributed by atoms with van der Waals surface area (Å²) in [6.07, 6.45) is 12.7. The Morgan fingerprint density at radius 2 is 1.76 bits per heavy atom. The lowest BCUT2D eigenvalue weighted by Crippen LogP contribution is -2.02. The fourth-order valence-corrected chi connectivity index (χ4v) is 2.54. The molecule has 1 aromatic rings. The zero-order valence-electron chi connectivity index (χ0n) is 10.6. The van der Waals surface area contributed by atoms with Crippen LogP contribution in [-0.2, 0) is 6.42 Å². The van der Waals surface area contributed by atoms with Gasteiger partial charge in [-0.15, -0.1) is 0 Å². The van der Waals surface area contributed by atoms with Gasteiger partial charge in [-0.3, -0.25) is 0 Å². The van der Waals surface area contributed by atoms with E-state index in [1.54, 1.807) is 0 Å². The fraction of sp³-hybridized carbons (Fsp3) is 0.500. The predicted octanol–water partition coefficient (Wildman–Crippen LogP) is 3.78. The molecule has 2 N–H and O–H groups in total. The van der Waals surface area contributed by atoms with Gasteiger partial charge in [0.15, 0.2) is 0 Å². The number of benzene rings is 1. The van der Waals surface area contributed by atoms with Crippen LogP contribution in [0.2, 0.25) is 0 Å². The van der Waals surface area contributed by atoms with Crippen molar-refractivity contribution in [2.45, 2.75) is 38.5 Å². The largest absolute Gasteiger partial charge is 0.330 e. The molecule has 0 radical (unpaired) electrons. The van der Waals surface area contributed by atoms with E-state index in [2.05, 4.69) is 36.4 Å². The average molecular weight is 229 g/mol. The van der Waals surface area contributed by atoms with Crippen molar-refractivity contribution in [2.75, 3.05) is 6.54 Å². The minimum atomic E-state index is 0.733. The van der Waals surface area contributed by atoms with Crippen LogP contribution in [0.15, 0.2) is 30.3 Å². The maximum absolute atomic E-state index is 5.54. The van der Waals surface area contributed by atoms with Gasteiger partial charge in [0, 0.05) is 0 Å². The molecule has 1 aliphatic rings. The second-order valence-corrected chi connectivity index (χ2v) is 5.04. The van der Waals surface area contributed by atoms with Crippen molar-refractivity contribution in [3.8, 4) is 0 Å². The Hall–Kier alpha value is -1.08. The quantitative estimate of drug-likeness (QED) is 0.835. The molecule has 0 aromatic heterocycles. The molecule has 0 saturated heterocycles. The molecule has 2 rings (SSSR count). The standard InChI is InChI=1S/C16H23N/c17-13-12-16-10-8-15(9-11-16)7-6-14-4-2-1-3-5-14/h6-11,14H,1-5,12-13,17H2/b7-6+. The highest BCUT2D eigenvalue weighted by molar-refractivity contribution is 5.50. The molecule has 0 amide bonds. The first-order valence-corrected chi connectivity index (χ1v) is 6.86. The Morgan fingerprint density at radius 3 is 2.41 bits per heavy atom. The Balaban J connectivity index is 1.91. The van der Waals surface area contributed by atoms with Gasteiger partial charge in [0.1, 0.15) is 0 Å². The van der Waals surface area contributed by atoms with Crippen LogP contribution in [0.25, 0.3) is 6.08 Å². The zero-order chi connectivity index (χ0) is 11.9. The van der Waals surface area contributed by atoms with E-state index in [0.717, 1.165) is 18.9 Å². The number of nitrogens with two attached hydrogens (primary N) is 1. The first kappa shape index (κ1) is 12.4. The molecule has 1 nitrogen and oxygen atoms in total. The summed E-state index contributed by atoms with van der Waals surface area (Å²) in [6, 6.07) is 8.77. The fourth-order valence-electron chi connectivity index (χ4n) is 2.54. The van der Waals surface area contributed by atoms with Crippen LogP contribution in [0.4, 0.5) is 0 Å². The van der Waals surface area contributed by atoms with Crippen molar-refractivity contribution in [1.82, 2.24) is 0 Å². The van der Waals surface area contributed by atoms with Crippen molar-refractivity contribution in [3.63, 3.8) is 0 Å². The van der Waals surface area contributed by atoms with Crippen LogP contribution < -0.4 is 5.73 Å². The van der Waals surface area contributed by atoms with Crippen LogP contribution in [0.1, 0.15) is 43.2 Å². The van der Waals surface area contributed by atoms with E-state index in [0.29, 0.717) is 0 Å². The summed E-state index contributed by atoms with van der Waals surface area (Å²) in [6.45, 7) is 0.733. The summed E-state index contributed by atoms with van der Waals surface area (Å²) in [5, 5.41) is 0. The Morgan fingerprint density at radius 1 is 1.06 bits per heavy atom. The van der Waals surface area contributed by atoms with E-state index in [-0.39, 0.29) is 0 Å². The minimum Gasteiger partial charge on any atom is -0.330 e. The SMILES string of the molecule is NCCc1ccc(/C=C/C2CCCCC2)cc1. The second-order valence-electron chi connectivity index (χ2n) is 5.04. The van der Waals surface area contributed by atoms with Crippen molar-refractivity contribution in [3.05, 3.63) is 41.5 Å². The van der Waals surface area contributed by atoms with Crippen molar-refractivity contribution < 1.29 is 0 Å². The van der Waals surface area contributed by atoms with E-state index >= 15 is 0 Å². The number of hydrogen-bond acceptors (Lipinski definition) is 1. The van der Waals surface area contributed by atoms with Gasteiger partial charge in [0.05, 0.1) is 0 Å². The third-order valence-electron chi connectivity index (χ3n) is 3.62. The monoisotopic (exact) mass is 229 g/mol. The number of hydrogen-bond donors (Lipinski definition) is 1. The van der Waals surface area contributed by atoms with Gasteiger partial charge in [-0.2, -0.15) is 0 Å². The molecule has 0 spiro atoms. The average Bonchev–Trinajstić information content (AvgIpc) is 2.40. The summed E-state index contributed by atoms with van der Waals surface area (Å²) in [7, 11) is 0. The molecule has 0 unspecified atom stereocenters. The lowest BCUT2D eigenvalue weighted by molar-refractivity contribution is 0.420. The summed E-state index contributed by atoms with van der Waals surface area (Å²) in [5.41, 5.74) is 8.19. The van der Waals surface area contributed by atoms with Crippen LogP contribution in [-0.4, -0.2) is 6.54 Å². The first-order valence-electron chi connectivity index (χ1n) is 6.86. The Bertz CT molecular complexity index is 344. The van der Waals surface area contributed by atoms with E-state index in [4.69, 9.17) is 5.73 Å². The molecule has 1 heteroatoms. The molecule has 1 fully saturated rings. The molecule has 92 valence electrons. The molecule has 1 aromatic carbocycles. The van der Waals surface area contributed by atoms with Gasteiger partial charge in [-0.05, 0) is 42.9 Å². The maximum Gasteiger partial charge on any atom is -0.00367 e. The zero-order valence-corrected chi connectivity index (χ0v) is 10.6. The molecule has 0 heterocycles. The predicted molar refractivity (Wildman–Crippen MR) is 74.8 cm³/mol. The smallest absolute Gasteiger partial charge is 0.00367 e. The highest BCUT2D eigenvalue weighted by Crippen LogP contribution is 2.25. The van der Waals surface area contributed by atoms with E-state index in [1.165, 1.54) is 43.2 Å². The molecule has 0 atom stereocenters. The van der Waals surface area contributed by atoms with Crippen LogP contribution in [0.3, 0.4) is 0 Å². The van der Waals surface area contributed by atoms with E-state index < -0.39 is 0 Å². The summed E-state index contributed by atoms with van der Waals surface area (Å²) < 4.78 is 0. The lowest BCUT2D eigenvalue weighted by atomic mass is 9.89. The van der Waals surface area contributed by atoms with Crippen molar-refractivity contribution in [1.29, 1.82) is 0 Å². The van der Waals surface area contributed by atoms with Gasteiger partial charge < -0.3 is 5.73 Å². The molecular weight excluding hydrogens is 206 g/mol. The summed E-state index contributed by atoms with van der Waals surface area (Å²) >= 11 is 0. The first-order chi connectivity index (χ1) is 8.38. The normalized spacial score (nSPS) is 17.7. The highest BCUT2D eigenvalue weighted by atomic mass is 14.5. The van der Waals surface area contributed by atoms with Crippen LogP contribution >= 0.6 is 0 Å². The molecule has 0 bridgehead atoms. The van der Waals surface area contributed by atoms with E-state index in [1.807, 2.05) is 0 Å². The third-order valence-corrected chi connectivity index (χ3v) is 3.62. The third kappa shape index (κ3) is 4.01. The molecular formula is C16H23N. The summed E-state index contributed by atoms with van der Waals surface area (Å²) in [4.78, 5) is 0. The maximum atomic E-state index is 5.54. The number of rotatable bonds is 4. The van der Waals surface area contributed by atoms with Crippen molar-refractivity contribution in [2.24, 2.45) is 11.7 Å². The van der Waals surface area contributed by atoms with Gasteiger partial charge in [-0.25, -0.2) is 0 Å². The molecule has 0 aliphatic heterocycles.